The highest BCUT2D eigenvalue weighted by atomic mass is 32.1. The van der Waals surface area contributed by atoms with Gasteiger partial charge in [0.1, 0.15) is 5.75 Å². The first-order chi connectivity index (χ1) is 13.6. The molecular formula is C21H22N2O4S. The van der Waals surface area contributed by atoms with Crippen LogP contribution in [0.4, 0.5) is 0 Å². The molecule has 2 bridgehead atoms. The van der Waals surface area contributed by atoms with Crippen LogP contribution in [0.5, 0.6) is 5.75 Å². The molecule has 1 amide bonds. The summed E-state index contributed by atoms with van der Waals surface area (Å²) in [5, 5.41) is 1.98. The molecule has 3 aliphatic rings. The average molecular weight is 398 g/mol. The van der Waals surface area contributed by atoms with Crippen LogP contribution in [0.1, 0.15) is 40.9 Å². The van der Waals surface area contributed by atoms with Gasteiger partial charge in [0.2, 0.25) is 0 Å². The van der Waals surface area contributed by atoms with Crippen LogP contribution in [0.2, 0.25) is 0 Å². The van der Waals surface area contributed by atoms with E-state index in [9.17, 15) is 9.59 Å². The van der Waals surface area contributed by atoms with Crippen LogP contribution >= 0.6 is 11.3 Å². The van der Waals surface area contributed by atoms with E-state index in [2.05, 4.69) is 4.98 Å². The molecule has 28 heavy (non-hydrogen) atoms. The Balaban J connectivity index is 1.48. The number of carbonyl (C=O) groups is 2. The zero-order valence-corrected chi connectivity index (χ0v) is 16.5. The lowest BCUT2D eigenvalue weighted by Crippen LogP contribution is -2.47. The normalized spacial score (nSPS) is 27.5. The summed E-state index contributed by atoms with van der Waals surface area (Å²) in [6, 6.07) is 5.59. The zero-order valence-electron chi connectivity index (χ0n) is 15.7. The average Bonchev–Trinajstić information content (AvgIpc) is 3.49. The predicted octanol–water partition coefficient (Wildman–Crippen LogP) is 2.86. The summed E-state index contributed by atoms with van der Waals surface area (Å²) in [4.78, 5) is 32.7. The van der Waals surface area contributed by atoms with E-state index in [0.29, 0.717) is 25.0 Å². The minimum atomic E-state index is -0.707. The molecule has 1 aromatic heterocycles. The second-order valence-corrected chi connectivity index (χ2v) is 8.61. The molecule has 4 heterocycles. The summed E-state index contributed by atoms with van der Waals surface area (Å²) in [6.07, 6.45) is 3.75. The first-order valence-electron chi connectivity index (χ1n) is 9.66. The summed E-state index contributed by atoms with van der Waals surface area (Å²) in [7, 11) is 1.43. The van der Waals surface area contributed by atoms with Gasteiger partial charge in [-0.1, -0.05) is 0 Å². The number of esters is 1. The Hall–Kier alpha value is -2.41. The van der Waals surface area contributed by atoms with Crippen molar-refractivity contribution in [2.75, 3.05) is 13.7 Å². The van der Waals surface area contributed by atoms with E-state index in [0.717, 1.165) is 36.3 Å². The Morgan fingerprint density at radius 3 is 3.07 bits per heavy atom. The fraction of sp³-hybridized carbons (Fsp3) is 0.476. The molecule has 0 spiro atoms. The Labute approximate surface area is 167 Å². The van der Waals surface area contributed by atoms with Gasteiger partial charge in [-0.2, -0.15) is 0 Å². The van der Waals surface area contributed by atoms with Gasteiger partial charge in [0.25, 0.3) is 5.91 Å². The van der Waals surface area contributed by atoms with Crippen molar-refractivity contribution in [1.82, 2.24) is 9.88 Å². The molecule has 2 aromatic rings. The summed E-state index contributed by atoms with van der Waals surface area (Å²) < 4.78 is 10.8. The number of fused-ring (bicyclic) bond motifs is 3. The van der Waals surface area contributed by atoms with Crippen LogP contribution in [0.3, 0.4) is 0 Å². The Kier molecular flexibility index (Phi) is 4.16. The maximum Gasteiger partial charge on any atom is 0.314 e. The molecule has 2 saturated heterocycles. The number of hydrogen-bond acceptors (Lipinski definition) is 6. The topological polar surface area (TPSA) is 68.7 Å². The number of aromatic nitrogens is 1. The number of rotatable bonds is 4. The van der Waals surface area contributed by atoms with Crippen molar-refractivity contribution >= 4 is 23.2 Å². The highest BCUT2D eigenvalue weighted by molar-refractivity contribution is 7.07. The molecule has 6 nitrogen and oxygen atoms in total. The molecule has 0 N–H and O–H groups in total. The van der Waals surface area contributed by atoms with Crippen molar-refractivity contribution in [3.8, 4) is 5.75 Å². The minimum absolute atomic E-state index is 0.00579. The highest BCUT2D eigenvalue weighted by Crippen LogP contribution is 2.52. The van der Waals surface area contributed by atoms with Crippen LogP contribution in [0, 0.1) is 5.41 Å². The second-order valence-electron chi connectivity index (χ2n) is 7.89. The number of ether oxygens (including phenoxy) is 2. The molecule has 2 fully saturated rings. The van der Waals surface area contributed by atoms with Crippen molar-refractivity contribution in [2.45, 2.75) is 44.2 Å². The number of amides is 1. The number of methoxy groups -OCH3 is 1. The van der Waals surface area contributed by atoms with E-state index in [1.54, 1.807) is 5.51 Å². The molecular weight excluding hydrogens is 376 g/mol. The lowest BCUT2D eigenvalue weighted by Gasteiger charge is -2.34. The van der Waals surface area contributed by atoms with E-state index in [1.165, 1.54) is 18.4 Å². The molecule has 146 valence electrons. The molecule has 0 unspecified atom stereocenters. The van der Waals surface area contributed by atoms with Gasteiger partial charge >= 0.3 is 5.97 Å². The van der Waals surface area contributed by atoms with Crippen LogP contribution in [0.25, 0.3) is 0 Å². The largest absolute Gasteiger partial charge is 0.493 e. The lowest BCUT2D eigenvalue weighted by atomic mass is 9.71. The third-order valence-corrected chi connectivity index (χ3v) is 7.12. The summed E-state index contributed by atoms with van der Waals surface area (Å²) in [6.45, 7) is 0.668. The van der Waals surface area contributed by atoms with Gasteiger partial charge in [0, 0.05) is 35.9 Å². The number of carbonyl (C=O) groups excluding carboxylic acids is 2. The standard InChI is InChI=1S/C21H22N2O4S/c1-26-20(25)21(9-15-11-28-12-22-15)10-16-3-5-18(21)23(16)19(24)14-2-4-17-13(8-14)6-7-27-17/h2,4,8,11-12,16,18H,3,5-7,9-10H2,1H3/t16-,18+,21+/m1/s1. The fourth-order valence-electron chi connectivity index (χ4n) is 5.29. The molecule has 5 rings (SSSR count). The van der Waals surface area contributed by atoms with Crippen LogP contribution in [0.15, 0.2) is 29.1 Å². The van der Waals surface area contributed by atoms with Crippen LogP contribution < -0.4 is 4.74 Å². The first kappa shape index (κ1) is 17.7. The van der Waals surface area contributed by atoms with Crippen molar-refractivity contribution in [1.29, 1.82) is 0 Å². The Morgan fingerprint density at radius 1 is 1.39 bits per heavy atom. The third-order valence-electron chi connectivity index (χ3n) is 6.48. The van der Waals surface area contributed by atoms with E-state index in [-0.39, 0.29) is 24.0 Å². The van der Waals surface area contributed by atoms with Gasteiger partial charge in [-0.15, -0.1) is 11.3 Å². The Bertz CT molecular complexity index is 928. The maximum atomic E-state index is 13.4. The summed E-state index contributed by atoms with van der Waals surface area (Å²) in [5.41, 5.74) is 3.73. The number of nitrogens with zero attached hydrogens (tertiary/aromatic N) is 2. The molecule has 0 saturated carbocycles. The summed E-state index contributed by atoms with van der Waals surface area (Å²) >= 11 is 1.52. The number of hydrogen-bond donors (Lipinski definition) is 0. The molecule has 3 aliphatic heterocycles. The molecule has 3 atom stereocenters. The highest BCUT2D eigenvalue weighted by Gasteiger charge is 2.62. The zero-order chi connectivity index (χ0) is 19.3. The number of thiazole rings is 1. The third kappa shape index (κ3) is 2.56. The van der Waals surface area contributed by atoms with Gasteiger partial charge in [0.05, 0.1) is 30.3 Å². The second kappa shape index (κ2) is 6.58. The van der Waals surface area contributed by atoms with Crippen molar-refractivity contribution in [2.24, 2.45) is 5.41 Å². The maximum absolute atomic E-state index is 13.4. The van der Waals surface area contributed by atoms with Crippen LogP contribution in [-0.2, 0) is 22.4 Å². The van der Waals surface area contributed by atoms with E-state index < -0.39 is 5.41 Å². The quantitative estimate of drug-likeness (QED) is 0.741. The van der Waals surface area contributed by atoms with E-state index in [4.69, 9.17) is 9.47 Å². The van der Waals surface area contributed by atoms with Gasteiger partial charge in [-0.3, -0.25) is 9.59 Å². The lowest BCUT2D eigenvalue weighted by molar-refractivity contribution is -0.154. The minimum Gasteiger partial charge on any atom is -0.493 e. The van der Waals surface area contributed by atoms with Crippen molar-refractivity contribution in [3.63, 3.8) is 0 Å². The molecule has 1 aromatic carbocycles. The predicted molar refractivity (Wildman–Crippen MR) is 104 cm³/mol. The monoisotopic (exact) mass is 398 g/mol. The van der Waals surface area contributed by atoms with Gasteiger partial charge in [-0.25, -0.2) is 4.98 Å². The van der Waals surface area contributed by atoms with Gasteiger partial charge in [0.15, 0.2) is 0 Å². The smallest absolute Gasteiger partial charge is 0.314 e. The SMILES string of the molecule is COC(=O)[C@@]1(Cc2cscn2)C[C@H]2CC[C@@H]1N2C(=O)c1ccc2c(c1)CCO2. The van der Waals surface area contributed by atoms with Gasteiger partial charge in [-0.05, 0) is 43.0 Å². The van der Waals surface area contributed by atoms with Crippen molar-refractivity contribution < 1.29 is 19.1 Å². The van der Waals surface area contributed by atoms with E-state index in [1.807, 2.05) is 28.5 Å². The van der Waals surface area contributed by atoms with Crippen molar-refractivity contribution in [3.05, 3.63) is 45.9 Å². The fourth-order valence-corrected chi connectivity index (χ4v) is 5.85. The van der Waals surface area contributed by atoms with Crippen LogP contribution in [-0.4, -0.2) is 47.6 Å². The molecule has 0 radical (unpaired) electrons. The van der Waals surface area contributed by atoms with E-state index >= 15 is 0 Å². The first-order valence-corrected chi connectivity index (χ1v) is 10.6. The molecule has 0 aliphatic carbocycles. The molecule has 7 heteroatoms. The number of benzene rings is 1. The summed E-state index contributed by atoms with van der Waals surface area (Å²) in [5.74, 6) is 0.646. The van der Waals surface area contributed by atoms with Gasteiger partial charge < -0.3 is 14.4 Å². The Morgan fingerprint density at radius 2 is 2.29 bits per heavy atom.